The zero-order chi connectivity index (χ0) is 12.6. The number of aliphatic carboxylic acids is 1. The number of halogens is 1. The maximum Gasteiger partial charge on any atom is 0.309 e. The lowest BCUT2D eigenvalue weighted by Crippen LogP contribution is -2.30. The van der Waals surface area contributed by atoms with Gasteiger partial charge < -0.3 is 9.84 Å². The molecular weight excluding hydrogens is 284 g/mol. The summed E-state index contributed by atoms with van der Waals surface area (Å²) in [5.74, 6) is 0.0950. The largest absolute Gasteiger partial charge is 0.490 e. The van der Waals surface area contributed by atoms with Gasteiger partial charge in [-0.25, -0.2) is 0 Å². The molecule has 0 fully saturated rings. The van der Waals surface area contributed by atoms with Crippen LogP contribution in [0.15, 0.2) is 22.7 Å². The van der Waals surface area contributed by atoms with Gasteiger partial charge in [-0.2, -0.15) is 0 Å². The van der Waals surface area contributed by atoms with E-state index in [-0.39, 0.29) is 6.10 Å². The molecule has 0 saturated carbocycles. The number of fused-ring (bicyclic) bond motifs is 1. The van der Waals surface area contributed by atoms with E-state index in [1.807, 2.05) is 18.2 Å². The zero-order valence-electron chi connectivity index (χ0n) is 9.87. The Morgan fingerprint density at radius 1 is 1.59 bits per heavy atom. The van der Waals surface area contributed by atoms with E-state index in [4.69, 9.17) is 9.84 Å². The Hall–Kier alpha value is -1.03. The Labute approximate surface area is 109 Å². The molecule has 3 nitrogen and oxygen atoms in total. The van der Waals surface area contributed by atoms with Gasteiger partial charge in [-0.1, -0.05) is 15.9 Å². The van der Waals surface area contributed by atoms with Gasteiger partial charge in [0.05, 0.1) is 5.41 Å². The third kappa shape index (κ3) is 2.63. The summed E-state index contributed by atoms with van der Waals surface area (Å²) in [5.41, 5.74) is 0.398. The number of carbonyl (C=O) groups is 1. The highest BCUT2D eigenvalue weighted by atomic mass is 79.9. The van der Waals surface area contributed by atoms with Crippen molar-refractivity contribution in [3.63, 3.8) is 0 Å². The van der Waals surface area contributed by atoms with Crippen molar-refractivity contribution in [2.45, 2.75) is 32.8 Å². The SMILES string of the molecule is CC(C)(CC1Cc2cc(Br)ccc2O1)C(=O)O. The van der Waals surface area contributed by atoms with Crippen molar-refractivity contribution in [1.82, 2.24) is 0 Å². The van der Waals surface area contributed by atoms with Crippen molar-refractivity contribution in [2.75, 3.05) is 0 Å². The molecule has 0 saturated heterocycles. The number of hydrogen-bond acceptors (Lipinski definition) is 2. The van der Waals surface area contributed by atoms with Gasteiger partial charge in [0.2, 0.25) is 0 Å². The molecule has 1 N–H and O–H groups in total. The summed E-state index contributed by atoms with van der Waals surface area (Å²) >= 11 is 3.42. The average molecular weight is 299 g/mol. The molecule has 1 unspecified atom stereocenters. The van der Waals surface area contributed by atoms with Crippen LogP contribution in [0.2, 0.25) is 0 Å². The van der Waals surface area contributed by atoms with Gasteiger partial charge in [-0.05, 0) is 37.6 Å². The third-order valence-corrected chi connectivity index (χ3v) is 3.57. The van der Waals surface area contributed by atoms with E-state index in [9.17, 15) is 4.79 Å². The number of ether oxygens (including phenoxy) is 1. The second kappa shape index (κ2) is 4.33. The van der Waals surface area contributed by atoms with Gasteiger partial charge in [-0.3, -0.25) is 4.79 Å². The molecule has 0 bridgehead atoms. The van der Waals surface area contributed by atoms with Gasteiger partial charge in [0.15, 0.2) is 0 Å². The summed E-state index contributed by atoms with van der Waals surface area (Å²) in [6, 6.07) is 5.89. The number of hydrogen-bond donors (Lipinski definition) is 1. The quantitative estimate of drug-likeness (QED) is 0.932. The highest BCUT2D eigenvalue weighted by molar-refractivity contribution is 9.10. The van der Waals surface area contributed by atoms with Gasteiger partial charge >= 0.3 is 5.97 Å². The van der Waals surface area contributed by atoms with E-state index in [0.29, 0.717) is 6.42 Å². The summed E-state index contributed by atoms with van der Waals surface area (Å²) < 4.78 is 6.79. The zero-order valence-corrected chi connectivity index (χ0v) is 11.5. The lowest BCUT2D eigenvalue weighted by molar-refractivity contribution is -0.148. The van der Waals surface area contributed by atoms with Crippen LogP contribution in [0.25, 0.3) is 0 Å². The molecule has 0 aromatic heterocycles. The van der Waals surface area contributed by atoms with Crippen LogP contribution in [0.4, 0.5) is 0 Å². The van der Waals surface area contributed by atoms with Crippen LogP contribution in [0.1, 0.15) is 25.8 Å². The first-order valence-electron chi connectivity index (χ1n) is 5.57. The maximum absolute atomic E-state index is 11.1. The summed E-state index contributed by atoms with van der Waals surface area (Å²) in [5, 5.41) is 9.10. The molecule has 4 heteroatoms. The Bertz CT molecular complexity index is 454. The van der Waals surface area contributed by atoms with Gasteiger partial charge in [0, 0.05) is 17.3 Å². The fraction of sp³-hybridized carbons (Fsp3) is 0.462. The minimum Gasteiger partial charge on any atom is -0.490 e. The molecule has 0 aliphatic carbocycles. The summed E-state index contributed by atoms with van der Waals surface area (Å²) in [7, 11) is 0. The Morgan fingerprint density at radius 2 is 2.29 bits per heavy atom. The van der Waals surface area contributed by atoms with E-state index >= 15 is 0 Å². The van der Waals surface area contributed by atoms with Crippen LogP contribution in [0.3, 0.4) is 0 Å². The van der Waals surface area contributed by atoms with Crippen molar-refractivity contribution in [1.29, 1.82) is 0 Å². The first-order valence-corrected chi connectivity index (χ1v) is 6.36. The van der Waals surface area contributed by atoms with Crippen LogP contribution in [0.5, 0.6) is 5.75 Å². The second-order valence-corrected chi connectivity index (χ2v) is 6.00. The van der Waals surface area contributed by atoms with Crippen molar-refractivity contribution in [3.05, 3.63) is 28.2 Å². The molecular formula is C13H15BrO3. The molecule has 0 amide bonds. The van der Waals surface area contributed by atoms with E-state index in [0.717, 1.165) is 22.2 Å². The highest BCUT2D eigenvalue weighted by Crippen LogP contribution is 2.35. The normalized spacial score (nSPS) is 18.6. The highest BCUT2D eigenvalue weighted by Gasteiger charge is 2.34. The number of carboxylic acids is 1. The molecule has 17 heavy (non-hydrogen) atoms. The summed E-state index contributed by atoms with van der Waals surface area (Å²) in [6.45, 7) is 3.47. The predicted octanol–water partition coefficient (Wildman–Crippen LogP) is 3.25. The van der Waals surface area contributed by atoms with Crippen molar-refractivity contribution >= 4 is 21.9 Å². The summed E-state index contributed by atoms with van der Waals surface area (Å²) in [6.07, 6.45) is 1.27. The number of benzene rings is 1. The Balaban J connectivity index is 2.08. The first kappa shape index (κ1) is 12.4. The van der Waals surface area contributed by atoms with Crippen molar-refractivity contribution in [3.8, 4) is 5.75 Å². The second-order valence-electron chi connectivity index (χ2n) is 5.09. The molecule has 1 aliphatic heterocycles. The van der Waals surface area contributed by atoms with E-state index in [1.165, 1.54) is 0 Å². The van der Waals surface area contributed by atoms with Crippen LogP contribution in [0, 0.1) is 5.41 Å². The molecule has 1 heterocycles. The molecule has 0 radical (unpaired) electrons. The van der Waals surface area contributed by atoms with E-state index in [1.54, 1.807) is 13.8 Å². The van der Waals surface area contributed by atoms with Crippen molar-refractivity contribution < 1.29 is 14.6 Å². The monoisotopic (exact) mass is 298 g/mol. The third-order valence-electron chi connectivity index (χ3n) is 3.08. The number of carboxylic acid groups (broad SMARTS) is 1. The van der Waals surface area contributed by atoms with Crippen molar-refractivity contribution in [2.24, 2.45) is 5.41 Å². The van der Waals surface area contributed by atoms with Gasteiger partial charge in [0.1, 0.15) is 11.9 Å². The average Bonchev–Trinajstić information content (AvgIpc) is 2.57. The minimum atomic E-state index is -0.779. The lowest BCUT2D eigenvalue weighted by atomic mass is 9.86. The molecule has 2 rings (SSSR count). The van der Waals surface area contributed by atoms with Gasteiger partial charge in [0.25, 0.3) is 0 Å². The molecule has 0 spiro atoms. The minimum absolute atomic E-state index is 0.0367. The summed E-state index contributed by atoms with van der Waals surface area (Å²) in [4.78, 5) is 11.1. The lowest BCUT2D eigenvalue weighted by Gasteiger charge is -2.22. The standard InChI is InChI=1S/C13H15BrO3/c1-13(2,12(15)16)7-10-6-8-5-9(14)3-4-11(8)17-10/h3-5,10H,6-7H2,1-2H3,(H,15,16). The Kier molecular flexibility index (Phi) is 3.17. The topological polar surface area (TPSA) is 46.5 Å². The maximum atomic E-state index is 11.1. The molecule has 1 aromatic carbocycles. The van der Waals surface area contributed by atoms with E-state index < -0.39 is 11.4 Å². The molecule has 1 atom stereocenters. The molecule has 1 aromatic rings. The van der Waals surface area contributed by atoms with Crippen LogP contribution < -0.4 is 4.74 Å². The molecule has 1 aliphatic rings. The fourth-order valence-corrected chi connectivity index (χ4v) is 2.47. The van der Waals surface area contributed by atoms with Crippen LogP contribution >= 0.6 is 15.9 Å². The Morgan fingerprint density at radius 3 is 2.94 bits per heavy atom. The smallest absolute Gasteiger partial charge is 0.309 e. The molecule has 92 valence electrons. The van der Waals surface area contributed by atoms with Gasteiger partial charge in [-0.15, -0.1) is 0 Å². The predicted molar refractivity (Wildman–Crippen MR) is 68.3 cm³/mol. The fourth-order valence-electron chi connectivity index (χ4n) is 2.06. The first-order chi connectivity index (χ1) is 7.88. The number of rotatable bonds is 3. The van der Waals surface area contributed by atoms with Crippen LogP contribution in [-0.2, 0) is 11.2 Å². The van der Waals surface area contributed by atoms with E-state index in [2.05, 4.69) is 15.9 Å². The van der Waals surface area contributed by atoms with Crippen LogP contribution in [-0.4, -0.2) is 17.2 Å².